The average molecular weight is 286 g/mol. The van der Waals surface area contributed by atoms with Crippen molar-refractivity contribution in [3.63, 3.8) is 0 Å². The van der Waals surface area contributed by atoms with Crippen molar-refractivity contribution in [2.75, 3.05) is 5.73 Å². The molecule has 0 aliphatic rings. The maximum atomic E-state index is 5.68. The summed E-state index contributed by atoms with van der Waals surface area (Å²) in [7, 11) is 0. The maximum absolute atomic E-state index is 5.68. The Morgan fingerprint density at radius 1 is 1.40 bits per heavy atom. The third-order valence-corrected chi connectivity index (χ3v) is 2.67. The van der Waals surface area contributed by atoms with Crippen LogP contribution in [0.3, 0.4) is 0 Å². The van der Waals surface area contributed by atoms with Crippen LogP contribution in [0.25, 0.3) is 0 Å². The van der Waals surface area contributed by atoms with Gasteiger partial charge in [-0.2, -0.15) is 0 Å². The van der Waals surface area contributed by atoms with Gasteiger partial charge in [0.15, 0.2) is 0 Å². The molecule has 0 aliphatic carbocycles. The summed E-state index contributed by atoms with van der Waals surface area (Å²) in [5, 5.41) is 0.515. The number of hydrogen-bond donors (Lipinski definition) is 1. The Morgan fingerprint density at radius 2 is 2.00 bits per heavy atom. The van der Waals surface area contributed by atoms with Crippen molar-refractivity contribution in [1.82, 2.24) is 4.98 Å². The van der Waals surface area contributed by atoms with Gasteiger partial charge < -0.3 is 5.73 Å². The highest BCUT2D eigenvalue weighted by Crippen LogP contribution is 2.26. The van der Waals surface area contributed by atoms with Crippen LogP contribution >= 0.6 is 43.5 Å². The van der Waals surface area contributed by atoms with Gasteiger partial charge in [-0.05, 0) is 37.9 Å². The quantitative estimate of drug-likeness (QED) is 0.745. The molecule has 1 rings (SSSR count). The van der Waals surface area contributed by atoms with E-state index >= 15 is 0 Å². The lowest BCUT2D eigenvalue weighted by Gasteiger charge is -1.98. The molecule has 1 aromatic heterocycles. The highest BCUT2D eigenvalue weighted by molar-refractivity contribution is 9.11. The van der Waals surface area contributed by atoms with E-state index < -0.39 is 0 Å². The van der Waals surface area contributed by atoms with E-state index in [2.05, 4.69) is 36.8 Å². The molecule has 0 radical (unpaired) electrons. The number of aromatic nitrogens is 1. The number of nitrogen functional groups attached to an aromatic ring is 1. The van der Waals surface area contributed by atoms with Gasteiger partial charge in [-0.25, -0.2) is 4.98 Å². The van der Waals surface area contributed by atoms with Gasteiger partial charge in [0, 0.05) is 0 Å². The van der Waals surface area contributed by atoms with Gasteiger partial charge in [-0.3, -0.25) is 0 Å². The van der Waals surface area contributed by atoms with E-state index in [0.29, 0.717) is 19.9 Å². The fourth-order valence-corrected chi connectivity index (χ4v) is 1.44. The number of pyridine rings is 1. The molecular formula is C5H3Br2ClN2. The van der Waals surface area contributed by atoms with Crippen molar-refractivity contribution >= 4 is 49.1 Å². The lowest BCUT2D eigenvalue weighted by molar-refractivity contribution is 1.24. The molecule has 0 aromatic carbocycles. The first-order chi connectivity index (χ1) is 4.61. The molecular weight excluding hydrogens is 283 g/mol. The summed E-state index contributed by atoms with van der Waals surface area (Å²) in [6.07, 6.45) is 0. The molecule has 5 heteroatoms. The number of nitrogens with zero attached hydrogens (tertiary/aromatic N) is 1. The summed E-state index contributed by atoms with van der Waals surface area (Å²) >= 11 is 12.0. The topological polar surface area (TPSA) is 38.9 Å². The van der Waals surface area contributed by atoms with Crippen LogP contribution in [-0.2, 0) is 0 Å². The van der Waals surface area contributed by atoms with Crippen molar-refractivity contribution in [3.8, 4) is 0 Å². The third-order valence-electron chi connectivity index (χ3n) is 0.914. The molecule has 0 spiro atoms. The van der Waals surface area contributed by atoms with Crippen LogP contribution in [0, 0.1) is 0 Å². The van der Waals surface area contributed by atoms with Gasteiger partial charge in [0.25, 0.3) is 0 Å². The summed E-state index contributed by atoms with van der Waals surface area (Å²) in [4.78, 5) is 3.95. The second kappa shape index (κ2) is 3.07. The number of nitrogens with two attached hydrogens (primary N) is 1. The molecule has 10 heavy (non-hydrogen) atoms. The van der Waals surface area contributed by atoms with E-state index in [0.717, 1.165) is 0 Å². The molecule has 0 aliphatic heterocycles. The van der Waals surface area contributed by atoms with Gasteiger partial charge in [0.05, 0.1) is 10.7 Å². The second-order valence-electron chi connectivity index (χ2n) is 1.64. The van der Waals surface area contributed by atoms with E-state index in [1.807, 2.05) is 0 Å². The van der Waals surface area contributed by atoms with Crippen LogP contribution in [-0.4, -0.2) is 4.98 Å². The Hall–Kier alpha value is 0.200. The second-order valence-corrected chi connectivity index (χ2v) is 3.55. The van der Waals surface area contributed by atoms with Crippen molar-refractivity contribution < 1.29 is 0 Å². The zero-order chi connectivity index (χ0) is 7.72. The fourth-order valence-electron chi connectivity index (χ4n) is 0.460. The van der Waals surface area contributed by atoms with Crippen molar-refractivity contribution in [2.24, 2.45) is 0 Å². The maximum Gasteiger partial charge on any atom is 0.130 e. The lowest BCUT2D eigenvalue weighted by atomic mass is 10.4. The molecule has 0 bridgehead atoms. The summed E-state index contributed by atoms with van der Waals surface area (Å²) in [5.41, 5.74) is 6.01. The molecule has 1 heterocycles. The Kier molecular flexibility index (Phi) is 2.55. The molecule has 54 valence electrons. The van der Waals surface area contributed by atoms with Crippen LogP contribution in [0.2, 0.25) is 5.02 Å². The van der Waals surface area contributed by atoms with Crippen molar-refractivity contribution in [3.05, 3.63) is 20.3 Å². The number of halogens is 3. The molecule has 2 N–H and O–H groups in total. The van der Waals surface area contributed by atoms with Gasteiger partial charge in [-0.1, -0.05) is 11.6 Å². The molecule has 0 unspecified atom stereocenters. The SMILES string of the molecule is Nc1cc(Cl)c(Br)nc1Br. The summed E-state index contributed by atoms with van der Waals surface area (Å²) in [6.45, 7) is 0. The predicted molar refractivity (Wildman–Crippen MR) is 49.1 cm³/mol. The largest absolute Gasteiger partial charge is 0.396 e. The summed E-state index contributed by atoms with van der Waals surface area (Å²) < 4.78 is 1.19. The minimum atomic E-state index is 0.515. The molecule has 0 fully saturated rings. The van der Waals surface area contributed by atoms with E-state index in [1.165, 1.54) is 0 Å². The van der Waals surface area contributed by atoms with E-state index in [-0.39, 0.29) is 0 Å². The summed E-state index contributed by atoms with van der Waals surface area (Å²) in [5.74, 6) is 0. The number of hydrogen-bond acceptors (Lipinski definition) is 2. The molecule has 0 amide bonds. The van der Waals surface area contributed by atoms with Gasteiger partial charge in [0.1, 0.15) is 9.21 Å². The molecule has 1 aromatic rings. The normalized spacial score (nSPS) is 9.90. The Balaban J connectivity index is 3.28. The Labute approximate surface area is 80.0 Å². The van der Waals surface area contributed by atoms with E-state index in [1.54, 1.807) is 6.07 Å². The monoisotopic (exact) mass is 284 g/mol. The van der Waals surface area contributed by atoms with Crippen LogP contribution in [0.1, 0.15) is 0 Å². The molecule has 0 saturated heterocycles. The first kappa shape index (κ1) is 8.30. The van der Waals surface area contributed by atoms with E-state index in [9.17, 15) is 0 Å². The van der Waals surface area contributed by atoms with Gasteiger partial charge in [-0.15, -0.1) is 0 Å². The van der Waals surface area contributed by atoms with Gasteiger partial charge >= 0.3 is 0 Å². The minimum Gasteiger partial charge on any atom is -0.396 e. The first-order valence-corrected chi connectivity index (χ1v) is 4.34. The molecule has 0 atom stereocenters. The average Bonchev–Trinajstić information content (AvgIpc) is 1.84. The van der Waals surface area contributed by atoms with Crippen molar-refractivity contribution in [1.29, 1.82) is 0 Å². The van der Waals surface area contributed by atoms with Crippen LogP contribution < -0.4 is 5.73 Å². The highest BCUT2D eigenvalue weighted by Gasteiger charge is 2.02. The standard InChI is InChI=1S/C5H3Br2ClN2/c6-4-2(8)1-3(9)5(7)10-4/h1H,9H2. The van der Waals surface area contributed by atoms with E-state index in [4.69, 9.17) is 17.3 Å². The Morgan fingerprint density at radius 3 is 2.50 bits per heavy atom. The molecule has 0 saturated carbocycles. The lowest BCUT2D eigenvalue weighted by Crippen LogP contribution is -1.89. The fraction of sp³-hybridized carbons (Fsp3) is 0. The highest BCUT2D eigenvalue weighted by atomic mass is 79.9. The first-order valence-electron chi connectivity index (χ1n) is 2.38. The number of rotatable bonds is 0. The Bertz CT molecular complexity index is 214. The summed E-state index contributed by atoms with van der Waals surface area (Å²) in [6, 6.07) is 1.63. The van der Waals surface area contributed by atoms with Crippen LogP contribution in [0.5, 0.6) is 0 Å². The minimum absolute atomic E-state index is 0.515. The van der Waals surface area contributed by atoms with Crippen LogP contribution in [0.15, 0.2) is 15.3 Å². The molecule has 2 nitrogen and oxygen atoms in total. The predicted octanol–water partition coefficient (Wildman–Crippen LogP) is 2.84. The number of anilines is 1. The van der Waals surface area contributed by atoms with Gasteiger partial charge in [0.2, 0.25) is 0 Å². The van der Waals surface area contributed by atoms with Crippen LogP contribution in [0.4, 0.5) is 5.69 Å². The third kappa shape index (κ3) is 1.62. The zero-order valence-corrected chi connectivity index (χ0v) is 8.66. The zero-order valence-electron chi connectivity index (χ0n) is 4.74. The smallest absolute Gasteiger partial charge is 0.130 e. The van der Waals surface area contributed by atoms with Crippen molar-refractivity contribution in [2.45, 2.75) is 0 Å².